The summed E-state index contributed by atoms with van der Waals surface area (Å²) in [7, 11) is 2.05. The molecule has 1 aromatic rings. The third kappa shape index (κ3) is 4.50. The zero-order valence-corrected chi connectivity index (χ0v) is 12.7. The van der Waals surface area contributed by atoms with Crippen LogP contribution in [-0.4, -0.2) is 26.9 Å². The predicted octanol–water partition coefficient (Wildman–Crippen LogP) is 3.55. The number of nitrogens with one attached hydrogen (secondary N) is 1. The Morgan fingerprint density at radius 3 is 2.85 bits per heavy atom. The highest BCUT2D eigenvalue weighted by atomic mass is 16.5. The van der Waals surface area contributed by atoms with Crippen LogP contribution in [0, 0.1) is 5.92 Å². The van der Waals surface area contributed by atoms with Gasteiger partial charge in [-0.1, -0.05) is 19.1 Å². The summed E-state index contributed by atoms with van der Waals surface area (Å²) in [5.74, 6) is 1.75. The van der Waals surface area contributed by atoms with Gasteiger partial charge in [-0.05, 0) is 56.3 Å². The van der Waals surface area contributed by atoms with E-state index in [-0.39, 0.29) is 0 Å². The quantitative estimate of drug-likeness (QED) is 0.826. The summed E-state index contributed by atoms with van der Waals surface area (Å²) in [5, 5.41) is 3.45. The maximum absolute atomic E-state index is 5.73. The molecule has 0 aromatic heterocycles. The smallest absolute Gasteiger partial charge is 0.119 e. The number of hydrogen-bond donors (Lipinski definition) is 1. The molecule has 1 aromatic carbocycles. The van der Waals surface area contributed by atoms with Gasteiger partial charge < -0.3 is 14.8 Å². The van der Waals surface area contributed by atoms with E-state index in [0.29, 0.717) is 6.04 Å². The van der Waals surface area contributed by atoms with Crippen molar-refractivity contribution in [3.63, 3.8) is 0 Å². The molecule has 0 amide bonds. The Labute approximate surface area is 122 Å². The van der Waals surface area contributed by atoms with Gasteiger partial charge in [0.1, 0.15) is 5.75 Å². The highest BCUT2D eigenvalue weighted by Crippen LogP contribution is 2.29. The van der Waals surface area contributed by atoms with E-state index in [0.717, 1.165) is 37.9 Å². The van der Waals surface area contributed by atoms with Gasteiger partial charge in [0.05, 0.1) is 6.61 Å². The molecule has 1 aliphatic rings. The summed E-state index contributed by atoms with van der Waals surface area (Å²) in [6.07, 6.45) is 4.59. The maximum Gasteiger partial charge on any atom is 0.119 e. The molecule has 112 valence electrons. The van der Waals surface area contributed by atoms with Crippen LogP contribution in [0.5, 0.6) is 5.75 Å². The van der Waals surface area contributed by atoms with Gasteiger partial charge in [0.2, 0.25) is 0 Å². The van der Waals surface area contributed by atoms with Crippen LogP contribution in [0.1, 0.15) is 44.2 Å². The van der Waals surface area contributed by atoms with Crippen LogP contribution >= 0.6 is 0 Å². The minimum atomic E-state index is 0.406. The largest absolute Gasteiger partial charge is 0.494 e. The molecular formula is C17H27NO2. The average Bonchev–Trinajstić information content (AvgIpc) is 2.52. The van der Waals surface area contributed by atoms with Crippen molar-refractivity contribution in [1.29, 1.82) is 0 Å². The second kappa shape index (κ2) is 8.28. The minimum Gasteiger partial charge on any atom is -0.494 e. The summed E-state index contributed by atoms with van der Waals surface area (Å²) in [6.45, 7) is 4.75. The Kier molecular flexibility index (Phi) is 6.34. The molecule has 1 atom stereocenters. The van der Waals surface area contributed by atoms with E-state index in [4.69, 9.17) is 9.47 Å². The van der Waals surface area contributed by atoms with Gasteiger partial charge in [0.15, 0.2) is 0 Å². The molecule has 0 aliphatic carbocycles. The van der Waals surface area contributed by atoms with Gasteiger partial charge in [0, 0.05) is 19.3 Å². The lowest BCUT2D eigenvalue weighted by atomic mass is 9.89. The van der Waals surface area contributed by atoms with Crippen LogP contribution in [0.25, 0.3) is 0 Å². The van der Waals surface area contributed by atoms with Gasteiger partial charge in [-0.3, -0.25) is 0 Å². The molecule has 0 saturated carbocycles. The first-order valence-corrected chi connectivity index (χ1v) is 7.81. The van der Waals surface area contributed by atoms with Crippen molar-refractivity contribution in [2.45, 2.75) is 38.6 Å². The molecule has 2 rings (SSSR count). The van der Waals surface area contributed by atoms with Crippen LogP contribution in [0.2, 0.25) is 0 Å². The topological polar surface area (TPSA) is 30.5 Å². The van der Waals surface area contributed by atoms with Gasteiger partial charge in [0.25, 0.3) is 0 Å². The Morgan fingerprint density at radius 2 is 2.15 bits per heavy atom. The minimum absolute atomic E-state index is 0.406. The molecule has 0 bridgehead atoms. The molecule has 0 spiro atoms. The summed E-state index contributed by atoms with van der Waals surface area (Å²) < 4.78 is 11.2. The Hall–Kier alpha value is -1.06. The number of rotatable bonds is 7. The molecule has 1 fully saturated rings. The summed E-state index contributed by atoms with van der Waals surface area (Å²) in [5.41, 5.74) is 1.33. The molecule has 1 N–H and O–H groups in total. The van der Waals surface area contributed by atoms with Crippen molar-refractivity contribution >= 4 is 0 Å². The van der Waals surface area contributed by atoms with E-state index < -0.39 is 0 Å². The number of ether oxygens (including phenoxy) is 2. The maximum atomic E-state index is 5.73. The fourth-order valence-corrected chi connectivity index (χ4v) is 2.78. The van der Waals surface area contributed by atoms with E-state index in [2.05, 4.69) is 30.4 Å². The van der Waals surface area contributed by atoms with Crippen LogP contribution < -0.4 is 10.1 Å². The molecule has 0 radical (unpaired) electrons. The SMILES string of the molecule is CCCOc1cccc(C(CC2CCOCC2)NC)c1. The van der Waals surface area contributed by atoms with Gasteiger partial charge >= 0.3 is 0 Å². The van der Waals surface area contributed by atoms with Gasteiger partial charge in [-0.2, -0.15) is 0 Å². The second-order valence-corrected chi connectivity index (χ2v) is 5.55. The zero-order valence-electron chi connectivity index (χ0n) is 12.7. The van der Waals surface area contributed by atoms with Crippen LogP contribution in [0.15, 0.2) is 24.3 Å². The first-order chi connectivity index (χ1) is 9.83. The normalized spacial score (nSPS) is 17.9. The van der Waals surface area contributed by atoms with Crippen molar-refractivity contribution in [3.05, 3.63) is 29.8 Å². The monoisotopic (exact) mass is 277 g/mol. The molecule has 1 aliphatic heterocycles. The second-order valence-electron chi connectivity index (χ2n) is 5.55. The number of benzene rings is 1. The van der Waals surface area contributed by atoms with Gasteiger partial charge in [-0.15, -0.1) is 0 Å². The highest BCUT2D eigenvalue weighted by Gasteiger charge is 2.19. The molecule has 1 heterocycles. The molecular weight excluding hydrogens is 250 g/mol. The van der Waals surface area contributed by atoms with Crippen molar-refractivity contribution in [2.24, 2.45) is 5.92 Å². The Bertz CT molecular complexity index is 388. The molecule has 20 heavy (non-hydrogen) atoms. The molecule has 1 unspecified atom stereocenters. The van der Waals surface area contributed by atoms with Crippen molar-refractivity contribution < 1.29 is 9.47 Å². The Morgan fingerprint density at radius 1 is 1.35 bits per heavy atom. The van der Waals surface area contributed by atoms with Crippen molar-refractivity contribution in [3.8, 4) is 5.75 Å². The van der Waals surface area contributed by atoms with E-state index in [1.165, 1.54) is 24.8 Å². The summed E-state index contributed by atoms with van der Waals surface area (Å²) >= 11 is 0. The molecule has 3 heteroatoms. The van der Waals surface area contributed by atoms with Crippen LogP contribution in [-0.2, 0) is 4.74 Å². The van der Waals surface area contributed by atoms with E-state index in [1.54, 1.807) is 0 Å². The fourth-order valence-electron chi connectivity index (χ4n) is 2.78. The first kappa shape index (κ1) is 15.3. The Balaban J connectivity index is 1.98. The average molecular weight is 277 g/mol. The third-order valence-corrected chi connectivity index (χ3v) is 3.99. The summed E-state index contributed by atoms with van der Waals surface area (Å²) in [4.78, 5) is 0. The molecule has 1 saturated heterocycles. The predicted molar refractivity (Wildman–Crippen MR) is 82.2 cm³/mol. The standard InChI is InChI=1S/C17H27NO2/c1-3-9-20-16-6-4-5-15(13-16)17(18-2)12-14-7-10-19-11-8-14/h4-6,13-14,17-18H,3,7-12H2,1-2H3. The first-order valence-electron chi connectivity index (χ1n) is 7.81. The van der Waals surface area contributed by atoms with Gasteiger partial charge in [-0.25, -0.2) is 0 Å². The number of hydrogen-bond acceptors (Lipinski definition) is 3. The summed E-state index contributed by atoms with van der Waals surface area (Å²) in [6, 6.07) is 8.91. The molecule has 3 nitrogen and oxygen atoms in total. The van der Waals surface area contributed by atoms with Crippen molar-refractivity contribution in [2.75, 3.05) is 26.9 Å². The van der Waals surface area contributed by atoms with E-state index >= 15 is 0 Å². The lowest BCUT2D eigenvalue weighted by molar-refractivity contribution is 0.0608. The lowest BCUT2D eigenvalue weighted by Gasteiger charge is -2.27. The van der Waals surface area contributed by atoms with E-state index in [1.807, 2.05) is 13.1 Å². The van der Waals surface area contributed by atoms with E-state index in [9.17, 15) is 0 Å². The van der Waals surface area contributed by atoms with Crippen molar-refractivity contribution in [1.82, 2.24) is 5.32 Å². The zero-order chi connectivity index (χ0) is 14.2. The van der Waals surface area contributed by atoms with Crippen LogP contribution in [0.3, 0.4) is 0 Å². The third-order valence-electron chi connectivity index (χ3n) is 3.99. The fraction of sp³-hybridized carbons (Fsp3) is 0.647. The highest BCUT2D eigenvalue weighted by molar-refractivity contribution is 5.30. The van der Waals surface area contributed by atoms with Crippen LogP contribution in [0.4, 0.5) is 0 Å². The lowest BCUT2D eigenvalue weighted by Crippen LogP contribution is -2.24.